The zero-order valence-corrected chi connectivity index (χ0v) is 12.1. The summed E-state index contributed by atoms with van der Waals surface area (Å²) in [5.41, 5.74) is 2.57. The lowest BCUT2D eigenvalue weighted by atomic mass is 10.1. The number of benzene rings is 2. The lowest BCUT2D eigenvalue weighted by Crippen LogP contribution is -1.93. The van der Waals surface area contributed by atoms with Crippen LogP contribution in [0.15, 0.2) is 36.4 Å². The Balaban J connectivity index is 2.32. The summed E-state index contributed by atoms with van der Waals surface area (Å²) in [6.07, 6.45) is 0. The molecule has 3 nitrogen and oxygen atoms in total. The van der Waals surface area contributed by atoms with Crippen molar-refractivity contribution in [1.29, 1.82) is 5.26 Å². The second-order valence-corrected chi connectivity index (χ2v) is 4.58. The van der Waals surface area contributed by atoms with Crippen molar-refractivity contribution in [2.24, 2.45) is 0 Å². The summed E-state index contributed by atoms with van der Waals surface area (Å²) in [6.45, 7) is 1.96. The smallest absolute Gasteiger partial charge is 0.169 e. The van der Waals surface area contributed by atoms with Crippen LogP contribution in [-0.2, 0) is 5.88 Å². The van der Waals surface area contributed by atoms with Gasteiger partial charge < -0.3 is 9.47 Å². The molecule has 0 amide bonds. The predicted molar refractivity (Wildman–Crippen MR) is 78.5 cm³/mol. The average Bonchev–Trinajstić information content (AvgIpc) is 2.49. The molecule has 0 atom stereocenters. The van der Waals surface area contributed by atoms with Crippen molar-refractivity contribution in [2.75, 3.05) is 7.11 Å². The van der Waals surface area contributed by atoms with E-state index >= 15 is 0 Å². The van der Waals surface area contributed by atoms with E-state index in [4.69, 9.17) is 26.3 Å². The summed E-state index contributed by atoms with van der Waals surface area (Å²) in [4.78, 5) is 0. The van der Waals surface area contributed by atoms with Gasteiger partial charge in [-0.2, -0.15) is 5.26 Å². The van der Waals surface area contributed by atoms with Crippen LogP contribution in [0.25, 0.3) is 0 Å². The minimum absolute atomic E-state index is 0.474. The van der Waals surface area contributed by atoms with Crippen LogP contribution in [0.2, 0.25) is 0 Å². The van der Waals surface area contributed by atoms with Gasteiger partial charge in [0.25, 0.3) is 0 Å². The van der Waals surface area contributed by atoms with Gasteiger partial charge in [0.05, 0.1) is 18.7 Å². The molecule has 0 aliphatic heterocycles. The Morgan fingerprint density at radius 3 is 2.45 bits per heavy atom. The summed E-state index contributed by atoms with van der Waals surface area (Å²) in [7, 11) is 1.55. The second kappa shape index (κ2) is 6.31. The third-order valence-electron chi connectivity index (χ3n) is 2.91. The van der Waals surface area contributed by atoms with Crippen LogP contribution in [0.3, 0.4) is 0 Å². The molecule has 2 rings (SSSR count). The normalized spacial score (nSPS) is 9.90. The minimum atomic E-state index is 0.474. The fraction of sp³-hybridized carbons (Fsp3) is 0.188. The predicted octanol–water partition coefficient (Wildman–Crippen LogP) is 4.41. The highest BCUT2D eigenvalue weighted by Gasteiger charge is 2.09. The Morgan fingerprint density at radius 1 is 1.10 bits per heavy atom. The fourth-order valence-electron chi connectivity index (χ4n) is 1.85. The van der Waals surface area contributed by atoms with Crippen LogP contribution in [-0.4, -0.2) is 7.11 Å². The molecule has 2 aromatic rings. The number of alkyl halides is 1. The molecule has 0 N–H and O–H groups in total. The van der Waals surface area contributed by atoms with Crippen molar-refractivity contribution < 1.29 is 9.47 Å². The summed E-state index contributed by atoms with van der Waals surface area (Å²) in [5.74, 6) is 2.32. The topological polar surface area (TPSA) is 42.2 Å². The van der Waals surface area contributed by atoms with Gasteiger partial charge in [-0.3, -0.25) is 0 Å². The Hall–Kier alpha value is -2.18. The molecule has 0 saturated carbocycles. The molecule has 20 heavy (non-hydrogen) atoms. The Morgan fingerprint density at radius 2 is 1.85 bits per heavy atom. The number of halogens is 1. The first kappa shape index (κ1) is 14.2. The molecule has 0 fully saturated rings. The molecule has 0 heterocycles. The van der Waals surface area contributed by atoms with Gasteiger partial charge in [-0.25, -0.2) is 0 Å². The van der Waals surface area contributed by atoms with Crippen LogP contribution in [0, 0.1) is 18.3 Å². The van der Waals surface area contributed by atoms with Crippen molar-refractivity contribution in [3.05, 3.63) is 53.1 Å². The highest BCUT2D eigenvalue weighted by molar-refractivity contribution is 6.17. The van der Waals surface area contributed by atoms with E-state index in [0.717, 1.165) is 16.9 Å². The zero-order valence-electron chi connectivity index (χ0n) is 11.3. The fourth-order valence-corrected chi connectivity index (χ4v) is 2.02. The van der Waals surface area contributed by atoms with Crippen LogP contribution >= 0.6 is 11.6 Å². The maximum absolute atomic E-state index is 8.88. The number of hydrogen-bond donors (Lipinski definition) is 0. The number of hydrogen-bond acceptors (Lipinski definition) is 3. The van der Waals surface area contributed by atoms with E-state index < -0.39 is 0 Å². The molecule has 2 aromatic carbocycles. The number of nitrogens with zero attached hydrogens (tertiary/aromatic N) is 1. The number of ether oxygens (including phenoxy) is 2. The Labute approximate surface area is 123 Å². The first-order chi connectivity index (χ1) is 9.67. The van der Waals surface area contributed by atoms with Crippen molar-refractivity contribution in [2.45, 2.75) is 12.8 Å². The van der Waals surface area contributed by atoms with Crippen molar-refractivity contribution in [3.63, 3.8) is 0 Å². The van der Waals surface area contributed by atoms with Gasteiger partial charge in [-0.15, -0.1) is 11.6 Å². The number of methoxy groups -OCH3 is 1. The van der Waals surface area contributed by atoms with Crippen molar-refractivity contribution in [3.8, 4) is 23.3 Å². The Bertz CT molecular complexity index is 662. The van der Waals surface area contributed by atoms with E-state index in [1.165, 1.54) is 0 Å². The molecular weight excluding hydrogens is 274 g/mol. The summed E-state index contributed by atoms with van der Waals surface area (Å²) >= 11 is 5.80. The monoisotopic (exact) mass is 287 g/mol. The largest absolute Gasteiger partial charge is 0.493 e. The van der Waals surface area contributed by atoms with Gasteiger partial charge in [0.15, 0.2) is 11.5 Å². The highest BCUT2D eigenvalue weighted by Crippen LogP contribution is 2.33. The molecule has 0 aliphatic carbocycles. The molecule has 0 radical (unpaired) electrons. The van der Waals surface area contributed by atoms with Gasteiger partial charge in [0, 0.05) is 11.9 Å². The van der Waals surface area contributed by atoms with Gasteiger partial charge in [-0.05, 0) is 36.2 Å². The molecule has 4 heteroatoms. The van der Waals surface area contributed by atoms with Crippen LogP contribution in [0.4, 0.5) is 0 Å². The number of aryl methyl sites for hydroxylation is 1. The first-order valence-corrected chi connectivity index (χ1v) is 6.63. The van der Waals surface area contributed by atoms with Crippen LogP contribution in [0.1, 0.15) is 16.7 Å². The third kappa shape index (κ3) is 3.04. The highest BCUT2D eigenvalue weighted by atomic mass is 35.5. The molecule has 0 unspecified atom stereocenters. The van der Waals surface area contributed by atoms with E-state index in [-0.39, 0.29) is 0 Å². The van der Waals surface area contributed by atoms with Crippen LogP contribution < -0.4 is 9.47 Å². The summed E-state index contributed by atoms with van der Waals surface area (Å²) < 4.78 is 11.1. The van der Waals surface area contributed by atoms with Gasteiger partial charge in [-0.1, -0.05) is 12.1 Å². The SMILES string of the molecule is COc1cc(C#N)ccc1Oc1ccc(CCl)cc1C. The Kier molecular flexibility index (Phi) is 4.49. The lowest BCUT2D eigenvalue weighted by molar-refractivity contribution is 0.378. The molecule has 0 aromatic heterocycles. The van der Waals surface area contributed by atoms with Crippen molar-refractivity contribution in [1.82, 2.24) is 0 Å². The molecule has 0 aliphatic rings. The molecule has 0 bridgehead atoms. The van der Waals surface area contributed by atoms with E-state index in [9.17, 15) is 0 Å². The van der Waals surface area contributed by atoms with E-state index in [1.54, 1.807) is 25.3 Å². The van der Waals surface area contributed by atoms with Crippen molar-refractivity contribution >= 4 is 11.6 Å². The quantitative estimate of drug-likeness (QED) is 0.782. The van der Waals surface area contributed by atoms with Gasteiger partial charge in [0.1, 0.15) is 5.75 Å². The molecule has 0 spiro atoms. The van der Waals surface area contributed by atoms with E-state index in [1.807, 2.05) is 25.1 Å². The van der Waals surface area contributed by atoms with Crippen LogP contribution in [0.5, 0.6) is 17.2 Å². The molecule has 0 saturated heterocycles. The standard InChI is InChI=1S/C16H14ClNO2/c1-11-7-12(9-17)3-5-14(11)20-15-6-4-13(10-18)8-16(15)19-2/h3-8H,9H2,1-2H3. The third-order valence-corrected chi connectivity index (χ3v) is 3.21. The zero-order chi connectivity index (χ0) is 14.5. The van der Waals surface area contributed by atoms with Gasteiger partial charge >= 0.3 is 0 Å². The van der Waals surface area contributed by atoms with E-state index in [0.29, 0.717) is 22.9 Å². The summed E-state index contributed by atoms with van der Waals surface area (Å²) in [6, 6.07) is 12.9. The summed E-state index contributed by atoms with van der Waals surface area (Å²) in [5, 5.41) is 8.88. The second-order valence-electron chi connectivity index (χ2n) is 4.31. The maximum atomic E-state index is 8.88. The lowest BCUT2D eigenvalue weighted by Gasteiger charge is -2.12. The maximum Gasteiger partial charge on any atom is 0.169 e. The molecule has 102 valence electrons. The van der Waals surface area contributed by atoms with Gasteiger partial charge in [0.2, 0.25) is 0 Å². The minimum Gasteiger partial charge on any atom is -0.493 e. The van der Waals surface area contributed by atoms with E-state index in [2.05, 4.69) is 6.07 Å². The number of rotatable bonds is 4. The average molecular weight is 288 g/mol. The number of nitriles is 1. The first-order valence-electron chi connectivity index (χ1n) is 6.09. The molecular formula is C16H14ClNO2.